The minimum absolute atomic E-state index is 0.107. The number of nitrogens with one attached hydrogen (secondary N) is 1. The van der Waals surface area contributed by atoms with E-state index in [-0.39, 0.29) is 17.9 Å². The monoisotopic (exact) mass is 341 g/mol. The zero-order valence-electron chi connectivity index (χ0n) is 14.5. The first-order valence-electron chi connectivity index (χ1n) is 8.22. The van der Waals surface area contributed by atoms with Crippen LogP contribution in [-0.2, 0) is 11.2 Å². The van der Waals surface area contributed by atoms with Gasteiger partial charge in [-0.2, -0.15) is 0 Å². The van der Waals surface area contributed by atoms with Crippen molar-refractivity contribution < 1.29 is 19.4 Å². The fraction of sp³-hybridized carbons (Fsp3) is 0.300. The summed E-state index contributed by atoms with van der Waals surface area (Å²) in [6.45, 7) is 2.69. The van der Waals surface area contributed by atoms with Crippen LogP contribution in [0, 0.1) is 0 Å². The van der Waals surface area contributed by atoms with Crippen LogP contribution in [0.25, 0.3) is 0 Å². The van der Waals surface area contributed by atoms with E-state index in [1.165, 1.54) is 17.7 Å². The number of hydrogen-bond donors (Lipinski definition) is 2. The van der Waals surface area contributed by atoms with Gasteiger partial charge in [0.25, 0.3) is 0 Å². The zero-order chi connectivity index (χ0) is 18.2. The smallest absolute Gasteiger partial charge is 0.335 e. The van der Waals surface area contributed by atoms with Crippen molar-refractivity contribution in [1.29, 1.82) is 0 Å². The lowest BCUT2D eigenvalue weighted by molar-refractivity contribution is -0.120. The quantitative estimate of drug-likeness (QED) is 0.773. The van der Waals surface area contributed by atoms with Gasteiger partial charge in [0.15, 0.2) is 0 Å². The highest BCUT2D eigenvalue weighted by atomic mass is 16.5. The van der Waals surface area contributed by atoms with E-state index in [0.29, 0.717) is 18.0 Å². The molecule has 132 valence electrons. The lowest BCUT2D eigenvalue weighted by Crippen LogP contribution is -2.27. The Hall–Kier alpha value is -2.82. The van der Waals surface area contributed by atoms with Crippen molar-refractivity contribution in [2.75, 3.05) is 13.7 Å². The van der Waals surface area contributed by atoms with E-state index in [1.54, 1.807) is 19.2 Å². The molecule has 0 heterocycles. The van der Waals surface area contributed by atoms with Crippen LogP contribution in [0.2, 0.25) is 0 Å². The molecule has 2 N–H and O–H groups in total. The van der Waals surface area contributed by atoms with Crippen LogP contribution in [0.3, 0.4) is 0 Å². The SMILES string of the molecule is COc1ccc(C(C)CCNC(=O)Cc2cccc(C(=O)O)c2)cc1. The standard InChI is InChI=1S/C20H23NO4/c1-14(16-6-8-18(25-2)9-7-16)10-11-21-19(22)13-15-4-3-5-17(12-15)20(23)24/h3-9,12,14H,10-11,13H2,1-2H3,(H,21,22)(H,23,24). The van der Waals surface area contributed by atoms with Crippen LogP contribution in [-0.4, -0.2) is 30.6 Å². The van der Waals surface area contributed by atoms with Gasteiger partial charge >= 0.3 is 5.97 Å². The number of rotatable bonds is 8. The molecule has 0 aromatic heterocycles. The summed E-state index contributed by atoms with van der Waals surface area (Å²) in [5.74, 6) is 0.0504. The van der Waals surface area contributed by atoms with E-state index in [0.717, 1.165) is 12.2 Å². The van der Waals surface area contributed by atoms with Gasteiger partial charge in [0, 0.05) is 6.54 Å². The molecule has 0 radical (unpaired) electrons. The molecule has 0 fully saturated rings. The second-order valence-corrected chi connectivity index (χ2v) is 6.00. The third-order valence-electron chi connectivity index (χ3n) is 4.12. The summed E-state index contributed by atoms with van der Waals surface area (Å²) in [5.41, 5.74) is 2.09. The average Bonchev–Trinajstić information content (AvgIpc) is 2.61. The molecule has 1 amide bonds. The molecule has 5 nitrogen and oxygen atoms in total. The van der Waals surface area contributed by atoms with E-state index in [4.69, 9.17) is 9.84 Å². The Morgan fingerprint density at radius 1 is 1.16 bits per heavy atom. The first-order valence-corrected chi connectivity index (χ1v) is 8.22. The largest absolute Gasteiger partial charge is 0.497 e. The Morgan fingerprint density at radius 3 is 2.52 bits per heavy atom. The number of carbonyl (C=O) groups excluding carboxylic acids is 1. The van der Waals surface area contributed by atoms with Gasteiger partial charge in [-0.05, 0) is 47.7 Å². The summed E-state index contributed by atoms with van der Waals surface area (Å²) in [4.78, 5) is 23.0. The maximum atomic E-state index is 12.0. The molecule has 2 aromatic rings. The van der Waals surface area contributed by atoms with Crippen LogP contribution in [0.15, 0.2) is 48.5 Å². The first-order chi connectivity index (χ1) is 12.0. The van der Waals surface area contributed by atoms with E-state index in [9.17, 15) is 9.59 Å². The lowest BCUT2D eigenvalue weighted by Gasteiger charge is -2.13. The highest BCUT2D eigenvalue weighted by molar-refractivity contribution is 5.88. The van der Waals surface area contributed by atoms with Gasteiger partial charge in [-0.3, -0.25) is 4.79 Å². The summed E-state index contributed by atoms with van der Waals surface area (Å²) in [7, 11) is 1.64. The Kier molecular flexibility index (Phi) is 6.57. The van der Waals surface area contributed by atoms with Gasteiger partial charge in [-0.25, -0.2) is 4.79 Å². The van der Waals surface area contributed by atoms with Gasteiger partial charge < -0.3 is 15.2 Å². The number of methoxy groups -OCH3 is 1. The van der Waals surface area contributed by atoms with Crippen molar-refractivity contribution in [1.82, 2.24) is 5.32 Å². The van der Waals surface area contributed by atoms with Gasteiger partial charge in [0.05, 0.1) is 19.1 Å². The van der Waals surface area contributed by atoms with Crippen LogP contribution < -0.4 is 10.1 Å². The molecule has 0 saturated heterocycles. The summed E-state index contributed by atoms with van der Waals surface area (Å²) < 4.78 is 5.15. The normalized spacial score (nSPS) is 11.6. The fourth-order valence-electron chi connectivity index (χ4n) is 2.59. The Labute approximate surface area is 147 Å². The van der Waals surface area contributed by atoms with Gasteiger partial charge in [-0.15, -0.1) is 0 Å². The topological polar surface area (TPSA) is 75.6 Å². The van der Waals surface area contributed by atoms with E-state index < -0.39 is 5.97 Å². The summed E-state index contributed by atoms with van der Waals surface area (Å²) in [5, 5.41) is 11.9. The molecule has 0 bridgehead atoms. The number of aromatic carboxylic acids is 1. The molecule has 1 unspecified atom stereocenters. The highest BCUT2D eigenvalue weighted by Crippen LogP contribution is 2.21. The Balaban J connectivity index is 1.79. The molecule has 5 heteroatoms. The van der Waals surface area contributed by atoms with Crippen molar-refractivity contribution in [3.05, 3.63) is 65.2 Å². The molecule has 0 aliphatic carbocycles. The molecule has 0 aliphatic rings. The molecule has 0 aliphatic heterocycles. The molecule has 2 aromatic carbocycles. The van der Waals surface area contributed by atoms with E-state index >= 15 is 0 Å². The van der Waals surface area contributed by atoms with Gasteiger partial charge in [-0.1, -0.05) is 31.2 Å². The highest BCUT2D eigenvalue weighted by Gasteiger charge is 2.09. The van der Waals surface area contributed by atoms with Crippen molar-refractivity contribution in [2.24, 2.45) is 0 Å². The summed E-state index contributed by atoms with van der Waals surface area (Å²) in [6.07, 6.45) is 1.01. The predicted octanol–water partition coefficient (Wildman–Crippen LogP) is 3.25. The van der Waals surface area contributed by atoms with Crippen LogP contribution in [0.4, 0.5) is 0 Å². The molecule has 0 spiro atoms. The zero-order valence-corrected chi connectivity index (χ0v) is 14.5. The van der Waals surface area contributed by atoms with Crippen LogP contribution in [0.1, 0.15) is 40.7 Å². The minimum Gasteiger partial charge on any atom is -0.497 e. The lowest BCUT2D eigenvalue weighted by atomic mass is 9.98. The summed E-state index contributed by atoms with van der Waals surface area (Å²) in [6, 6.07) is 14.4. The maximum absolute atomic E-state index is 12.0. The van der Waals surface area contributed by atoms with Gasteiger partial charge in [0.2, 0.25) is 5.91 Å². The maximum Gasteiger partial charge on any atom is 0.335 e. The number of hydrogen-bond acceptors (Lipinski definition) is 3. The van der Waals surface area contributed by atoms with E-state index in [2.05, 4.69) is 12.2 Å². The third-order valence-corrected chi connectivity index (χ3v) is 4.12. The predicted molar refractivity (Wildman–Crippen MR) is 96.1 cm³/mol. The van der Waals surface area contributed by atoms with Crippen LogP contribution in [0.5, 0.6) is 5.75 Å². The molecular weight excluding hydrogens is 318 g/mol. The molecule has 0 saturated carbocycles. The van der Waals surface area contributed by atoms with Crippen molar-refractivity contribution in [2.45, 2.75) is 25.7 Å². The van der Waals surface area contributed by atoms with Crippen molar-refractivity contribution >= 4 is 11.9 Å². The number of carboxylic acids is 1. The fourth-order valence-corrected chi connectivity index (χ4v) is 2.59. The second kappa shape index (κ2) is 8.87. The third kappa shape index (κ3) is 5.64. The van der Waals surface area contributed by atoms with E-state index in [1.807, 2.05) is 24.3 Å². The Bertz CT molecular complexity index is 725. The number of benzene rings is 2. The first kappa shape index (κ1) is 18.5. The summed E-state index contributed by atoms with van der Waals surface area (Å²) >= 11 is 0. The number of ether oxygens (including phenoxy) is 1. The number of carboxylic acid groups (broad SMARTS) is 1. The number of amides is 1. The average molecular weight is 341 g/mol. The number of carbonyl (C=O) groups is 2. The van der Waals surface area contributed by atoms with Gasteiger partial charge in [0.1, 0.15) is 5.75 Å². The Morgan fingerprint density at radius 2 is 1.88 bits per heavy atom. The molecule has 1 atom stereocenters. The molecular formula is C20H23NO4. The second-order valence-electron chi connectivity index (χ2n) is 6.00. The minimum atomic E-state index is -0.990. The molecule has 25 heavy (non-hydrogen) atoms. The van der Waals surface area contributed by atoms with Crippen LogP contribution >= 0.6 is 0 Å². The molecule has 2 rings (SSSR count). The van der Waals surface area contributed by atoms with Crippen molar-refractivity contribution in [3.63, 3.8) is 0 Å². The van der Waals surface area contributed by atoms with Crippen molar-refractivity contribution in [3.8, 4) is 5.75 Å².